The summed E-state index contributed by atoms with van der Waals surface area (Å²) in [5, 5.41) is 0. The summed E-state index contributed by atoms with van der Waals surface area (Å²) in [4.78, 5) is 0. The number of hydrogen-bond acceptors (Lipinski definition) is 3. The zero-order chi connectivity index (χ0) is 14.3. The van der Waals surface area contributed by atoms with Crippen molar-refractivity contribution >= 4 is 0 Å². The molecule has 3 nitrogen and oxygen atoms in total. The van der Waals surface area contributed by atoms with E-state index in [1.807, 2.05) is 0 Å². The summed E-state index contributed by atoms with van der Waals surface area (Å²) >= 11 is 0. The molecule has 0 aliphatic heterocycles. The van der Waals surface area contributed by atoms with Crippen LogP contribution in [0.5, 0.6) is 0 Å². The van der Waals surface area contributed by atoms with Gasteiger partial charge < -0.3 is 4.74 Å². The van der Waals surface area contributed by atoms with Gasteiger partial charge >= 0.3 is 0 Å². The third kappa shape index (κ3) is 3.78. The topological polar surface area (TPSA) is 47.3 Å². The maximum Gasteiger partial charge on any atom is 0.0842 e. The lowest BCUT2D eigenvalue weighted by Crippen LogP contribution is -2.55. The van der Waals surface area contributed by atoms with E-state index in [0.717, 1.165) is 25.7 Å². The van der Waals surface area contributed by atoms with Crippen molar-refractivity contribution in [1.29, 1.82) is 0 Å². The molecule has 1 rings (SSSR count). The van der Waals surface area contributed by atoms with E-state index < -0.39 is 0 Å². The lowest BCUT2D eigenvalue weighted by molar-refractivity contribution is -0.0473. The Morgan fingerprint density at radius 2 is 1.63 bits per heavy atom. The number of rotatable bonds is 8. The largest absolute Gasteiger partial charge is 0.377 e. The fourth-order valence-electron chi connectivity index (χ4n) is 2.72. The van der Waals surface area contributed by atoms with Gasteiger partial charge in [-0.25, -0.2) is 0 Å². The van der Waals surface area contributed by atoms with Crippen molar-refractivity contribution in [2.24, 2.45) is 5.84 Å². The van der Waals surface area contributed by atoms with Crippen LogP contribution in [0.2, 0.25) is 0 Å². The van der Waals surface area contributed by atoms with Crippen LogP contribution in [0.15, 0.2) is 24.3 Å². The first-order chi connectivity index (χ1) is 9.15. The number of ether oxygens (including phenoxy) is 1. The molecule has 0 spiro atoms. The van der Waals surface area contributed by atoms with E-state index in [2.05, 4.69) is 50.5 Å². The molecule has 0 aromatic heterocycles. The summed E-state index contributed by atoms with van der Waals surface area (Å²) < 4.78 is 5.76. The van der Waals surface area contributed by atoms with Crippen LogP contribution in [0.4, 0.5) is 0 Å². The van der Waals surface area contributed by atoms with E-state index in [0.29, 0.717) is 0 Å². The average Bonchev–Trinajstić information content (AvgIpc) is 2.49. The van der Waals surface area contributed by atoms with Crippen LogP contribution < -0.4 is 11.3 Å². The molecular formula is C16H28N2O. The van der Waals surface area contributed by atoms with Gasteiger partial charge in [0.15, 0.2) is 0 Å². The van der Waals surface area contributed by atoms with Gasteiger partial charge in [-0.2, -0.15) is 0 Å². The summed E-state index contributed by atoms with van der Waals surface area (Å²) in [5.74, 6) is 5.76. The molecule has 0 bridgehead atoms. The van der Waals surface area contributed by atoms with E-state index in [9.17, 15) is 0 Å². The van der Waals surface area contributed by atoms with E-state index in [1.165, 1.54) is 11.1 Å². The van der Waals surface area contributed by atoms with Crippen LogP contribution in [0, 0.1) is 0 Å². The molecule has 1 aromatic carbocycles. The van der Waals surface area contributed by atoms with Gasteiger partial charge in [-0.3, -0.25) is 11.3 Å². The predicted octanol–water partition coefficient (Wildman–Crippen LogP) is 2.83. The predicted molar refractivity (Wildman–Crippen MR) is 81.0 cm³/mol. The minimum atomic E-state index is -0.196. The van der Waals surface area contributed by atoms with Gasteiger partial charge in [0.25, 0.3) is 0 Å². The van der Waals surface area contributed by atoms with Gasteiger partial charge in [0, 0.05) is 7.11 Å². The Morgan fingerprint density at radius 3 is 2.00 bits per heavy atom. The first-order valence-electron chi connectivity index (χ1n) is 7.24. The lowest BCUT2D eigenvalue weighted by Gasteiger charge is -2.38. The number of methoxy groups -OCH3 is 1. The first kappa shape index (κ1) is 16.2. The zero-order valence-corrected chi connectivity index (χ0v) is 12.7. The maximum absolute atomic E-state index is 5.76. The van der Waals surface area contributed by atoms with Crippen molar-refractivity contribution < 1.29 is 4.74 Å². The normalized spacial score (nSPS) is 13.5. The zero-order valence-electron chi connectivity index (χ0n) is 12.7. The van der Waals surface area contributed by atoms with Gasteiger partial charge in [0.1, 0.15) is 0 Å². The van der Waals surface area contributed by atoms with E-state index in [1.54, 1.807) is 7.11 Å². The standard InChI is InChI=1S/C16H28N2O/c1-5-13-8-10-14(11-9-13)12-15(18-17)16(6-2,7-3)19-4/h8-11,15,18H,5-7,12,17H2,1-4H3. The SMILES string of the molecule is CCc1ccc(CC(NN)C(CC)(CC)OC)cc1. The molecule has 0 saturated carbocycles. The molecule has 19 heavy (non-hydrogen) atoms. The van der Waals surface area contributed by atoms with Gasteiger partial charge in [-0.05, 0) is 36.8 Å². The van der Waals surface area contributed by atoms with Crippen molar-refractivity contribution in [2.75, 3.05) is 7.11 Å². The van der Waals surface area contributed by atoms with Crippen LogP contribution in [0.25, 0.3) is 0 Å². The fraction of sp³-hybridized carbons (Fsp3) is 0.625. The lowest BCUT2D eigenvalue weighted by atomic mass is 9.84. The highest BCUT2D eigenvalue weighted by atomic mass is 16.5. The molecule has 0 radical (unpaired) electrons. The Balaban J connectivity index is 2.85. The number of hydrogen-bond donors (Lipinski definition) is 2. The molecule has 0 heterocycles. The van der Waals surface area contributed by atoms with E-state index >= 15 is 0 Å². The third-order valence-electron chi connectivity index (χ3n) is 4.31. The molecular weight excluding hydrogens is 236 g/mol. The summed E-state index contributed by atoms with van der Waals surface area (Å²) in [6.07, 6.45) is 3.85. The second-order valence-electron chi connectivity index (χ2n) is 5.07. The van der Waals surface area contributed by atoms with Gasteiger partial charge in [0.2, 0.25) is 0 Å². The summed E-state index contributed by atoms with van der Waals surface area (Å²) in [7, 11) is 1.78. The summed E-state index contributed by atoms with van der Waals surface area (Å²) in [6.45, 7) is 6.47. The molecule has 108 valence electrons. The van der Waals surface area contributed by atoms with Crippen molar-refractivity contribution in [3.8, 4) is 0 Å². The highest BCUT2D eigenvalue weighted by molar-refractivity contribution is 5.23. The highest BCUT2D eigenvalue weighted by Crippen LogP contribution is 2.26. The second kappa shape index (κ2) is 7.63. The van der Waals surface area contributed by atoms with Crippen molar-refractivity contribution in [3.63, 3.8) is 0 Å². The van der Waals surface area contributed by atoms with Gasteiger partial charge in [-0.1, -0.05) is 45.0 Å². The molecule has 0 amide bonds. The summed E-state index contributed by atoms with van der Waals surface area (Å²) in [5.41, 5.74) is 5.41. The van der Waals surface area contributed by atoms with E-state index in [4.69, 9.17) is 10.6 Å². The monoisotopic (exact) mass is 264 g/mol. The van der Waals surface area contributed by atoms with Gasteiger partial charge in [-0.15, -0.1) is 0 Å². The van der Waals surface area contributed by atoms with Crippen LogP contribution in [-0.4, -0.2) is 18.8 Å². The van der Waals surface area contributed by atoms with E-state index in [-0.39, 0.29) is 11.6 Å². The Hall–Kier alpha value is -0.900. The van der Waals surface area contributed by atoms with Crippen LogP contribution in [0.3, 0.4) is 0 Å². The Bertz CT molecular complexity index is 349. The summed E-state index contributed by atoms with van der Waals surface area (Å²) in [6, 6.07) is 8.88. The molecule has 3 heteroatoms. The first-order valence-corrected chi connectivity index (χ1v) is 7.24. The van der Waals surface area contributed by atoms with Crippen molar-refractivity contribution in [1.82, 2.24) is 5.43 Å². The second-order valence-corrected chi connectivity index (χ2v) is 5.07. The molecule has 1 aromatic rings. The molecule has 0 aliphatic rings. The molecule has 1 atom stereocenters. The highest BCUT2D eigenvalue weighted by Gasteiger charge is 2.35. The quantitative estimate of drug-likeness (QED) is 0.560. The van der Waals surface area contributed by atoms with Crippen LogP contribution in [0.1, 0.15) is 44.7 Å². The molecule has 1 unspecified atom stereocenters. The number of hydrazine groups is 1. The molecule has 0 saturated heterocycles. The number of aryl methyl sites for hydroxylation is 1. The average molecular weight is 264 g/mol. The Kier molecular flexibility index (Phi) is 6.49. The smallest absolute Gasteiger partial charge is 0.0842 e. The van der Waals surface area contributed by atoms with Crippen LogP contribution in [-0.2, 0) is 17.6 Å². The number of nitrogens with one attached hydrogen (secondary N) is 1. The molecule has 0 fully saturated rings. The van der Waals surface area contributed by atoms with Crippen molar-refractivity contribution in [2.45, 2.75) is 58.1 Å². The van der Waals surface area contributed by atoms with Crippen molar-refractivity contribution in [3.05, 3.63) is 35.4 Å². The molecule has 3 N–H and O–H groups in total. The minimum absolute atomic E-state index is 0.125. The number of benzene rings is 1. The Morgan fingerprint density at radius 1 is 1.11 bits per heavy atom. The molecule has 0 aliphatic carbocycles. The number of nitrogens with two attached hydrogens (primary N) is 1. The fourth-order valence-corrected chi connectivity index (χ4v) is 2.72. The van der Waals surface area contributed by atoms with Gasteiger partial charge in [0.05, 0.1) is 11.6 Å². The third-order valence-corrected chi connectivity index (χ3v) is 4.31. The minimum Gasteiger partial charge on any atom is -0.377 e. The Labute approximate surface area is 117 Å². The van der Waals surface area contributed by atoms with Crippen LogP contribution >= 0.6 is 0 Å². The maximum atomic E-state index is 5.76.